The van der Waals surface area contributed by atoms with Crippen LogP contribution in [-0.2, 0) is 67.2 Å². The smallest absolute Gasteiger partial charge is 0.326 e. The minimum absolute atomic E-state index is 0.00272. The van der Waals surface area contributed by atoms with Crippen molar-refractivity contribution in [2.75, 3.05) is 13.1 Å². The highest BCUT2D eigenvalue weighted by Crippen LogP contribution is 2.21. The van der Waals surface area contributed by atoms with E-state index in [4.69, 9.17) is 32.8 Å². The van der Waals surface area contributed by atoms with Crippen molar-refractivity contribution in [3.63, 3.8) is 0 Å². The lowest BCUT2D eigenvalue weighted by molar-refractivity contribution is -0.145. The number of aromatic amines is 1. The molecule has 0 spiro atoms. The van der Waals surface area contributed by atoms with Crippen molar-refractivity contribution in [1.29, 1.82) is 5.41 Å². The predicted octanol–water partition coefficient (Wildman–Crippen LogP) is -1.69. The van der Waals surface area contributed by atoms with E-state index in [-0.39, 0.29) is 63.3 Å². The third-order valence-corrected chi connectivity index (χ3v) is 13.1. The number of H-pyrrole nitrogens is 1. The maximum Gasteiger partial charge on any atom is 0.326 e. The Hall–Kier alpha value is -8.66. The number of likely N-dealkylation sites (tertiary alicyclic amines) is 1. The van der Waals surface area contributed by atoms with Gasteiger partial charge < -0.3 is 84.7 Å². The van der Waals surface area contributed by atoms with Crippen molar-refractivity contribution in [2.45, 2.75) is 147 Å². The van der Waals surface area contributed by atoms with Crippen LogP contribution >= 0.6 is 0 Å². The molecule has 28 nitrogen and oxygen atoms in total. The molecule has 19 N–H and O–H groups in total. The van der Waals surface area contributed by atoms with Gasteiger partial charge in [0.05, 0.1) is 18.8 Å². The molecule has 4 rings (SSSR count). The number of guanidine groups is 1. The summed E-state index contributed by atoms with van der Waals surface area (Å²) >= 11 is 0. The number of carboxylic acid groups (broad SMARTS) is 3. The van der Waals surface area contributed by atoms with E-state index in [1.165, 1.54) is 48.6 Å². The number of carbonyl (C=O) groups is 10. The van der Waals surface area contributed by atoms with Gasteiger partial charge in [-0.05, 0) is 67.7 Å². The fourth-order valence-corrected chi connectivity index (χ4v) is 8.34. The standard InChI is InChI=1S/C50H71N13O12.C3H7NO2/c1-5-28(4)41(47(72)59-36(23-31-25-54-26-56-31)48(73)63-20-10-14-38(63)45(70)60-37(49(74)75)22-29-11-7-6-8-12-29)62-44(69)35(21-30-15-17-32(64)18-16-30)58-46(71)40(27(2)3)61-43(68)34(13-9-19-55-50(52)53)57-42(67)33(51)24-39(65)66;1-2(4)3(5)6/h6-8,11-12,15-18,25-28,33-38,40-41,64H,5,9-10,13-14,19-24,51H2,1-4H3,(H,54,56)(H,57,67)(H,58,71)(H,59,72)(H,60,70)(H,61,68)(H,62,69)(H,65,66)(H,74,75)(H4,52,53,55);2H,4H2,1H3,(H,5,6)/t28-,33-,34-,35-,36-,37-,38-,40-,41-;/m0./s1. The molecule has 1 aromatic heterocycles. The Bertz CT molecular complexity index is 2600. The Morgan fingerprint density at radius 3 is 1.84 bits per heavy atom. The number of aliphatic carboxylic acids is 3. The summed E-state index contributed by atoms with van der Waals surface area (Å²) in [4.78, 5) is 140. The highest BCUT2D eigenvalue weighted by atomic mass is 16.4. The molecule has 0 bridgehead atoms. The first kappa shape index (κ1) is 66.6. The number of amides is 7. The maximum atomic E-state index is 14.6. The molecule has 0 saturated carbocycles. The number of imidazole rings is 1. The second kappa shape index (κ2) is 33.1. The number of phenols is 1. The Kier molecular flexibility index (Phi) is 27.2. The second-order valence-electron chi connectivity index (χ2n) is 20.0. The Labute approximate surface area is 468 Å². The van der Waals surface area contributed by atoms with E-state index in [9.17, 15) is 58.2 Å². The zero-order valence-electron chi connectivity index (χ0n) is 46.0. The van der Waals surface area contributed by atoms with Crippen LogP contribution in [0.25, 0.3) is 0 Å². The number of phenolic OH excluding ortho intramolecular Hbond substituents is 1. The molecule has 444 valence electrons. The van der Waals surface area contributed by atoms with Gasteiger partial charge in [0.1, 0.15) is 54.1 Å². The summed E-state index contributed by atoms with van der Waals surface area (Å²) < 4.78 is 0. The minimum atomic E-state index is -1.51. The van der Waals surface area contributed by atoms with E-state index in [0.717, 1.165) is 0 Å². The molecular weight excluding hydrogens is 1060 g/mol. The van der Waals surface area contributed by atoms with Crippen LogP contribution in [0.1, 0.15) is 90.0 Å². The lowest BCUT2D eigenvalue weighted by Crippen LogP contribution is -2.62. The van der Waals surface area contributed by atoms with Crippen LogP contribution in [0.3, 0.4) is 0 Å². The summed E-state index contributed by atoms with van der Waals surface area (Å²) in [6.45, 7) is 8.38. The lowest BCUT2D eigenvalue weighted by Gasteiger charge is -2.32. The van der Waals surface area contributed by atoms with Crippen molar-refractivity contribution in [1.82, 2.24) is 52.1 Å². The fraction of sp³-hybridized carbons (Fsp3) is 0.509. The first-order chi connectivity index (χ1) is 38.2. The second-order valence-corrected chi connectivity index (χ2v) is 20.0. The normalized spacial score (nSPS) is 16.1. The molecule has 10 atom stereocenters. The number of nitrogens with zero attached hydrogens (tertiary/aromatic N) is 2. The van der Waals surface area contributed by atoms with Crippen LogP contribution in [0.2, 0.25) is 0 Å². The van der Waals surface area contributed by atoms with Gasteiger partial charge in [-0.2, -0.15) is 0 Å². The molecule has 1 aliphatic heterocycles. The quantitative estimate of drug-likeness (QED) is 0.0201. The van der Waals surface area contributed by atoms with E-state index in [1.807, 2.05) is 0 Å². The Morgan fingerprint density at radius 1 is 0.716 bits per heavy atom. The molecule has 1 fully saturated rings. The van der Waals surface area contributed by atoms with Crippen LogP contribution < -0.4 is 54.4 Å². The Morgan fingerprint density at radius 2 is 1.28 bits per heavy atom. The van der Waals surface area contributed by atoms with Crippen molar-refractivity contribution in [3.05, 3.63) is 83.9 Å². The largest absolute Gasteiger partial charge is 0.508 e. The number of hydrogen-bond donors (Lipinski definition) is 16. The fourth-order valence-electron chi connectivity index (χ4n) is 8.34. The molecule has 28 heteroatoms. The van der Waals surface area contributed by atoms with Gasteiger partial charge in [-0.1, -0.05) is 76.6 Å². The molecule has 2 aromatic carbocycles. The summed E-state index contributed by atoms with van der Waals surface area (Å²) in [6.07, 6.45) is 2.93. The van der Waals surface area contributed by atoms with E-state index >= 15 is 0 Å². The molecule has 3 aromatic rings. The zero-order valence-corrected chi connectivity index (χ0v) is 46.0. The number of carboxylic acids is 3. The van der Waals surface area contributed by atoms with E-state index in [2.05, 4.69) is 47.2 Å². The van der Waals surface area contributed by atoms with Crippen molar-refractivity contribution >= 4 is 65.2 Å². The molecule has 0 aliphatic carbocycles. The minimum Gasteiger partial charge on any atom is -0.508 e. The number of aromatic hydroxyl groups is 1. The number of nitrogens with one attached hydrogen (secondary N) is 9. The van der Waals surface area contributed by atoms with Crippen LogP contribution in [0, 0.1) is 17.2 Å². The van der Waals surface area contributed by atoms with Gasteiger partial charge in [0.2, 0.25) is 41.4 Å². The number of benzene rings is 2. The lowest BCUT2D eigenvalue weighted by atomic mass is 9.96. The molecule has 0 radical (unpaired) electrons. The van der Waals surface area contributed by atoms with E-state index in [1.54, 1.807) is 58.0 Å². The van der Waals surface area contributed by atoms with Crippen molar-refractivity contribution < 1.29 is 68.4 Å². The van der Waals surface area contributed by atoms with E-state index in [0.29, 0.717) is 29.7 Å². The molecule has 2 heterocycles. The average molecular weight is 1140 g/mol. The van der Waals surface area contributed by atoms with Crippen molar-refractivity contribution in [3.8, 4) is 5.75 Å². The molecule has 1 saturated heterocycles. The summed E-state index contributed by atoms with van der Waals surface area (Å²) in [5, 5.41) is 63.0. The van der Waals surface area contributed by atoms with Gasteiger partial charge >= 0.3 is 17.9 Å². The molecule has 7 amide bonds. The number of nitrogens with two attached hydrogens (primary N) is 3. The first-order valence-electron chi connectivity index (χ1n) is 26.4. The van der Waals surface area contributed by atoms with E-state index < -0.39 is 132 Å². The van der Waals surface area contributed by atoms with Gasteiger partial charge in [-0.3, -0.25) is 48.6 Å². The summed E-state index contributed by atoms with van der Waals surface area (Å²) in [7, 11) is 0. The first-order valence-corrected chi connectivity index (χ1v) is 26.4. The zero-order chi connectivity index (χ0) is 60.5. The summed E-state index contributed by atoms with van der Waals surface area (Å²) in [6, 6.07) is 3.21. The molecular formula is C53H78N14O14. The SMILES string of the molecule is CC(N)C(=O)O.CC[C@H](C)[C@H](NC(=O)[C@H](Cc1ccc(O)cc1)NC(=O)[C@@H](NC(=O)[C@H](CCCNC(=N)N)NC(=O)[C@@H](N)CC(=O)O)C(C)C)C(=O)N[C@@H](Cc1cnc[nH]1)C(=O)N1CCC[C@H]1C(=O)N[C@@H](Cc1ccccc1)C(=O)O. The third kappa shape index (κ3) is 22.5. The number of carbonyl (C=O) groups excluding carboxylic acids is 7. The number of aromatic nitrogens is 2. The van der Waals surface area contributed by atoms with Gasteiger partial charge in [0.15, 0.2) is 5.96 Å². The number of hydrogen-bond acceptors (Lipinski definition) is 15. The summed E-state index contributed by atoms with van der Waals surface area (Å²) in [5.74, 6) is -10.7. The Balaban J connectivity index is 0.00000271. The van der Waals surface area contributed by atoms with Crippen LogP contribution in [0.5, 0.6) is 5.75 Å². The van der Waals surface area contributed by atoms with Gasteiger partial charge in [-0.25, -0.2) is 9.78 Å². The molecule has 1 unspecified atom stereocenters. The van der Waals surface area contributed by atoms with Crippen LogP contribution in [0.4, 0.5) is 0 Å². The highest BCUT2D eigenvalue weighted by molar-refractivity contribution is 5.98. The highest BCUT2D eigenvalue weighted by Gasteiger charge is 2.41. The monoisotopic (exact) mass is 1130 g/mol. The molecule has 81 heavy (non-hydrogen) atoms. The average Bonchev–Trinajstić information content (AvgIpc) is 4.13. The van der Waals surface area contributed by atoms with Gasteiger partial charge in [0.25, 0.3) is 0 Å². The van der Waals surface area contributed by atoms with Gasteiger partial charge in [0, 0.05) is 44.2 Å². The van der Waals surface area contributed by atoms with Crippen LogP contribution in [0.15, 0.2) is 67.1 Å². The topological polar surface area (TPSA) is 470 Å². The third-order valence-electron chi connectivity index (χ3n) is 13.1. The van der Waals surface area contributed by atoms with Crippen LogP contribution in [-0.4, -0.2) is 168 Å². The number of rotatable bonds is 30. The molecule has 1 aliphatic rings. The summed E-state index contributed by atoms with van der Waals surface area (Å²) in [5.41, 5.74) is 17.6. The maximum absolute atomic E-state index is 14.6. The predicted molar refractivity (Wildman–Crippen MR) is 293 cm³/mol. The van der Waals surface area contributed by atoms with Gasteiger partial charge in [-0.15, -0.1) is 0 Å². The van der Waals surface area contributed by atoms with Crippen molar-refractivity contribution in [2.24, 2.45) is 29.0 Å².